The molecule has 2 aliphatic heterocycles. The number of carbonyl (C=O) groups excluding carboxylic acids is 3. The van der Waals surface area contributed by atoms with Crippen LogP contribution in [-0.4, -0.2) is 49.0 Å². The lowest BCUT2D eigenvalue weighted by Gasteiger charge is -2.29. The highest BCUT2D eigenvalue weighted by atomic mass is 16.6. The zero-order valence-corrected chi connectivity index (χ0v) is 17.2. The quantitative estimate of drug-likeness (QED) is 0.385. The van der Waals surface area contributed by atoms with E-state index in [0.717, 1.165) is 5.56 Å². The second-order valence-corrected chi connectivity index (χ2v) is 7.43. The van der Waals surface area contributed by atoms with Crippen LogP contribution in [0.3, 0.4) is 0 Å². The molecule has 0 radical (unpaired) electrons. The summed E-state index contributed by atoms with van der Waals surface area (Å²) in [6, 6.07) is 11.4. The Morgan fingerprint density at radius 2 is 1.97 bits per heavy atom. The second-order valence-electron chi connectivity index (χ2n) is 7.43. The van der Waals surface area contributed by atoms with Crippen LogP contribution in [0, 0.1) is 10.1 Å². The normalized spacial score (nSPS) is 14.8. The van der Waals surface area contributed by atoms with E-state index < -0.39 is 23.4 Å². The largest absolute Gasteiger partial charge is 0.482 e. The summed E-state index contributed by atoms with van der Waals surface area (Å²) < 4.78 is 10.5. The lowest BCUT2D eigenvalue weighted by Crippen LogP contribution is -2.40. The van der Waals surface area contributed by atoms with Crippen LogP contribution >= 0.6 is 0 Å². The summed E-state index contributed by atoms with van der Waals surface area (Å²) in [6.07, 6.45) is 1.22. The monoisotopic (exact) mass is 439 g/mol. The van der Waals surface area contributed by atoms with Crippen LogP contribution in [0.2, 0.25) is 0 Å². The van der Waals surface area contributed by atoms with Crippen LogP contribution in [0.25, 0.3) is 0 Å². The second kappa shape index (κ2) is 9.04. The van der Waals surface area contributed by atoms with Gasteiger partial charge in [-0.15, -0.1) is 0 Å². The molecule has 2 aromatic rings. The van der Waals surface area contributed by atoms with E-state index in [4.69, 9.17) is 9.47 Å². The molecule has 0 saturated carbocycles. The minimum Gasteiger partial charge on any atom is -0.482 e. The van der Waals surface area contributed by atoms with Gasteiger partial charge in [0.05, 0.1) is 17.0 Å². The van der Waals surface area contributed by atoms with E-state index in [1.54, 1.807) is 30.3 Å². The number of nitro benzene ring substituents is 1. The number of non-ortho nitro benzene ring substituents is 1. The number of carbonyl (C=O) groups is 3. The van der Waals surface area contributed by atoms with Gasteiger partial charge in [0.15, 0.2) is 13.2 Å². The number of para-hydroxylation sites is 2. The molecular weight excluding hydrogens is 418 g/mol. The molecule has 0 aliphatic carbocycles. The molecule has 0 aromatic heterocycles. The Bertz CT molecular complexity index is 1080. The van der Waals surface area contributed by atoms with Gasteiger partial charge in [0, 0.05) is 30.9 Å². The fourth-order valence-corrected chi connectivity index (χ4v) is 3.85. The molecule has 2 heterocycles. The number of rotatable bonds is 6. The summed E-state index contributed by atoms with van der Waals surface area (Å²) in [6.45, 7) is 0.0166. The number of aryl methyl sites for hydroxylation is 1. The molecule has 0 bridgehead atoms. The molecule has 2 aliphatic rings. The van der Waals surface area contributed by atoms with Gasteiger partial charge in [0.1, 0.15) is 5.75 Å². The lowest BCUT2D eigenvalue weighted by molar-refractivity contribution is -0.384. The Hall–Kier alpha value is -3.95. The predicted octanol–water partition coefficient (Wildman–Crippen LogP) is 2.23. The minimum atomic E-state index is -0.601. The molecule has 166 valence electrons. The van der Waals surface area contributed by atoms with Gasteiger partial charge < -0.3 is 19.3 Å². The first-order valence-corrected chi connectivity index (χ1v) is 10.2. The maximum Gasteiger partial charge on any atom is 0.308 e. The Morgan fingerprint density at radius 3 is 2.78 bits per heavy atom. The molecule has 4 rings (SSSR count). The molecule has 0 unspecified atom stereocenters. The highest BCUT2D eigenvalue weighted by molar-refractivity contribution is 5.98. The molecule has 0 atom stereocenters. The van der Waals surface area contributed by atoms with Crippen molar-refractivity contribution in [3.63, 3.8) is 0 Å². The standard InChI is InChI=1S/C22H21N3O7/c26-20-13-31-19-6-2-1-5-18(19)24(20)11-9-22(28)32-14-21(27)23-10-3-4-15-12-16(25(29)30)7-8-17(15)23/h1-2,5-8,12H,3-4,9-11,13-14H2. The molecule has 10 heteroatoms. The van der Waals surface area contributed by atoms with E-state index in [2.05, 4.69) is 0 Å². The van der Waals surface area contributed by atoms with Crippen molar-refractivity contribution >= 4 is 34.8 Å². The molecule has 2 aromatic carbocycles. The van der Waals surface area contributed by atoms with E-state index >= 15 is 0 Å². The van der Waals surface area contributed by atoms with Crippen LogP contribution < -0.4 is 14.5 Å². The van der Waals surface area contributed by atoms with Gasteiger partial charge in [-0.2, -0.15) is 0 Å². The van der Waals surface area contributed by atoms with E-state index in [-0.39, 0.29) is 31.2 Å². The van der Waals surface area contributed by atoms with Crippen LogP contribution in [0.15, 0.2) is 42.5 Å². The van der Waals surface area contributed by atoms with Crippen LogP contribution in [0.5, 0.6) is 5.75 Å². The molecule has 2 amide bonds. The number of hydrogen-bond donors (Lipinski definition) is 0. The van der Waals surface area contributed by atoms with Gasteiger partial charge in [-0.25, -0.2) is 0 Å². The summed E-state index contributed by atoms with van der Waals surface area (Å²) in [5.74, 6) is -0.691. The third-order valence-electron chi connectivity index (χ3n) is 5.40. The van der Waals surface area contributed by atoms with Crippen molar-refractivity contribution in [2.24, 2.45) is 0 Å². The number of nitrogens with zero attached hydrogens (tertiary/aromatic N) is 3. The summed E-state index contributed by atoms with van der Waals surface area (Å²) in [4.78, 5) is 50.5. The maximum atomic E-state index is 12.6. The summed E-state index contributed by atoms with van der Waals surface area (Å²) in [7, 11) is 0. The fraction of sp³-hybridized carbons (Fsp3) is 0.318. The Morgan fingerprint density at radius 1 is 1.16 bits per heavy atom. The van der Waals surface area contributed by atoms with E-state index in [1.807, 2.05) is 0 Å². The van der Waals surface area contributed by atoms with E-state index in [0.29, 0.717) is 36.5 Å². The highest BCUT2D eigenvalue weighted by Crippen LogP contribution is 2.32. The number of hydrogen-bond acceptors (Lipinski definition) is 7. The lowest BCUT2D eigenvalue weighted by atomic mass is 10.0. The molecule has 10 nitrogen and oxygen atoms in total. The van der Waals surface area contributed by atoms with Crippen LogP contribution in [-0.2, 0) is 25.5 Å². The number of ether oxygens (including phenoxy) is 2. The Labute approximate surface area is 183 Å². The zero-order valence-electron chi connectivity index (χ0n) is 17.2. The molecule has 0 fully saturated rings. The number of anilines is 2. The average Bonchev–Trinajstić information content (AvgIpc) is 2.81. The van der Waals surface area contributed by atoms with Gasteiger partial charge in [-0.05, 0) is 36.6 Å². The smallest absolute Gasteiger partial charge is 0.308 e. The molecule has 0 spiro atoms. The van der Waals surface area contributed by atoms with Crippen molar-refractivity contribution in [3.05, 3.63) is 58.1 Å². The van der Waals surface area contributed by atoms with Crippen molar-refractivity contribution in [1.82, 2.24) is 0 Å². The van der Waals surface area contributed by atoms with E-state index in [9.17, 15) is 24.5 Å². The van der Waals surface area contributed by atoms with Crippen molar-refractivity contribution in [2.75, 3.05) is 36.1 Å². The topological polar surface area (TPSA) is 119 Å². The van der Waals surface area contributed by atoms with Gasteiger partial charge in [0.2, 0.25) is 0 Å². The fourth-order valence-electron chi connectivity index (χ4n) is 3.85. The van der Waals surface area contributed by atoms with Crippen molar-refractivity contribution in [3.8, 4) is 5.75 Å². The Balaban J connectivity index is 1.33. The van der Waals surface area contributed by atoms with E-state index in [1.165, 1.54) is 21.9 Å². The first kappa shape index (κ1) is 21.3. The Kier molecular flexibility index (Phi) is 6.02. The SMILES string of the molecule is O=C(CCN1C(=O)COc2ccccc21)OCC(=O)N1CCCc2cc([N+](=O)[O-])ccc21. The van der Waals surface area contributed by atoms with Crippen molar-refractivity contribution in [2.45, 2.75) is 19.3 Å². The third kappa shape index (κ3) is 4.39. The minimum absolute atomic E-state index is 0.0243. The molecular formula is C22H21N3O7. The number of nitro groups is 1. The van der Waals surface area contributed by atoms with Crippen molar-refractivity contribution < 1.29 is 28.8 Å². The maximum absolute atomic E-state index is 12.6. The van der Waals surface area contributed by atoms with Crippen LogP contribution in [0.1, 0.15) is 18.4 Å². The van der Waals surface area contributed by atoms with Crippen LogP contribution in [0.4, 0.5) is 17.1 Å². The number of amides is 2. The van der Waals surface area contributed by atoms with Crippen molar-refractivity contribution in [1.29, 1.82) is 0 Å². The summed E-state index contributed by atoms with van der Waals surface area (Å²) >= 11 is 0. The third-order valence-corrected chi connectivity index (χ3v) is 5.40. The summed E-state index contributed by atoms with van der Waals surface area (Å²) in [5, 5.41) is 11.0. The van der Waals surface area contributed by atoms with Gasteiger partial charge in [0.25, 0.3) is 17.5 Å². The van der Waals surface area contributed by atoms with Gasteiger partial charge in [-0.3, -0.25) is 24.5 Å². The molecule has 0 N–H and O–H groups in total. The number of esters is 1. The zero-order chi connectivity index (χ0) is 22.7. The number of fused-ring (bicyclic) bond motifs is 2. The first-order chi connectivity index (χ1) is 15.4. The predicted molar refractivity (Wildman–Crippen MR) is 114 cm³/mol. The first-order valence-electron chi connectivity index (χ1n) is 10.2. The highest BCUT2D eigenvalue weighted by Gasteiger charge is 2.27. The molecule has 0 saturated heterocycles. The summed E-state index contributed by atoms with van der Waals surface area (Å²) in [5.41, 5.74) is 1.88. The van der Waals surface area contributed by atoms with Gasteiger partial charge >= 0.3 is 5.97 Å². The average molecular weight is 439 g/mol. The van der Waals surface area contributed by atoms with Gasteiger partial charge in [-0.1, -0.05) is 12.1 Å². The number of benzene rings is 2. The molecule has 32 heavy (non-hydrogen) atoms.